The van der Waals surface area contributed by atoms with Gasteiger partial charge < -0.3 is 15.4 Å². The molecule has 1 aromatic carbocycles. The van der Waals surface area contributed by atoms with E-state index in [1.54, 1.807) is 6.07 Å². The fourth-order valence-electron chi connectivity index (χ4n) is 3.19. The SMILES string of the molecule is C[C@@H](CNC(=O)[C@H]1CC(=O)Nc2cc(F)ccc21)N1CCOCC1. The molecule has 7 heteroatoms. The van der Waals surface area contributed by atoms with Crippen LogP contribution < -0.4 is 10.6 Å². The summed E-state index contributed by atoms with van der Waals surface area (Å²) in [5, 5.41) is 5.55. The summed E-state index contributed by atoms with van der Waals surface area (Å²) in [6, 6.07) is 4.33. The molecule has 2 heterocycles. The van der Waals surface area contributed by atoms with Crippen molar-refractivity contribution >= 4 is 17.5 Å². The third kappa shape index (κ3) is 3.73. The van der Waals surface area contributed by atoms with E-state index in [9.17, 15) is 14.0 Å². The Morgan fingerprint density at radius 2 is 2.21 bits per heavy atom. The van der Waals surface area contributed by atoms with Crippen molar-refractivity contribution in [2.75, 3.05) is 38.2 Å². The molecule has 1 aromatic rings. The molecule has 1 saturated heterocycles. The number of nitrogens with zero attached hydrogens (tertiary/aromatic N) is 1. The van der Waals surface area contributed by atoms with Gasteiger partial charge in [0, 0.05) is 37.8 Å². The smallest absolute Gasteiger partial charge is 0.228 e. The van der Waals surface area contributed by atoms with Gasteiger partial charge in [-0.1, -0.05) is 6.07 Å². The maximum atomic E-state index is 13.3. The molecule has 2 atom stereocenters. The zero-order chi connectivity index (χ0) is 17.1. The number of fused-ring (bicyclic) bond motifs is 1. The van der Waals surface area contributed by atoms with Crippen LogP contribution in [0.25, 0.3) is 0 Å². The lowest BCUT2D eigenvalue weighted by molar-refractivity contribution is -0.126. The molecule has 1 fully saturated rings. The number of rotatable bonds is 4. The lowest BCUT2D eigenvalue weighted by Crippen LogP contribution is -2.48. The lowest BCUT2D eigenvalue weighted by Gasteiger charge is -2.33. The van der Waals surface area contributed by atoms with Crippen molar-refractivity contribution in [1.29, 1.82) is 0 Å². The maximum Gasteiger partial charge on any atom is 0.228 e. The van der Waals surface area contributed by atoms with Gasteiger partial charge in [-0.2, -0.15) is 0 Å². The second kappa shape index (κ2) is 7.27. The number of morpholine rings is 1. The number of benzene rings is 1. The minimum atomic E-state index is -0.578. The van der Waals surface area contributed by atoms with Gasteiger partial charge in [0.25, 0.3) is 0 Å². The first kappa shape index (κ1) is 16.9. The van der Waals surface area contributed by atoms with Gasteiger partial charge in [-0.3, -0.25) is 14.5 Å². The molecule has 0 unspecified atom stereocenters. The highest BCUT2D eigenvalue weighted by Gasteiger charge is 2.31. The van der Waals surface area contributed by atoms with Crippen molar-refractivity contribution in [1.82, 2.24) is 10.2 Å². The molecule has 2 amide bonds. The number of halogens is 1. The van der Waals surface area contributed by atoms with Gasteiger partial charge in [0.15, 0.2) is 0 Å². The van der Waals surface area contributed by atoms with Crippen LogP contribution in [0, 0.1) is 5.82 Å². The molecule has 0 saturated carbocycles. The molecule has 3 rings (SSSR count). The van der Waals surface area contributed by atoms with Crippen LogP contribution >= 0.6 is 0 Å². The summed E-state index contributed by atoms with van der Waals surface area (Å²) < 4.78 is 18.7. The van der Waals surface area contributed by atoms with E-state index in [0.717, 1.165) is 13.1 Å². The number of amides is 2. The number of carbonyl (C=O) groups excluding carboxylic acids is 2. The molecule has 2 aliphatic heterocycles. The largest absolute Gasteiger partial charge is 0.379 e. The van der Waals surface area contributed by atoms with Crippen LogP contribution in [0.1, 0.15) is 24.8 Å². The summed E-state index contributed by atoms with van der Waals surface area (Å²) in [7, 11) is 0. The molecule has 130 valence electrons. The van der Waals surface area contributed by atoms with E-state index in [1.807, 2.05) is 0 Å². The van der Waals surface area contributed by atoms with Crippen molar-refractivity contribution in [3.05, 3.63) is 29.6 Å². The van der Waals surface area contributed by atoms with Crippen molar-refractivity contribution in [3.63, 3.8) is 0 Å². The van der Waals surface area contributed by atoms with Gasteiger partial charge in [-0.05, 0) is 24.6 Å². The Balaban J connectivity index is 1.63. The molecule has 6 nitrogen and oxygen atoms in total. The number of carbonyl (C=O) groups is 2. The van der Waals surface area contributed by atoms with E-state index < -0.39 is 11.7 Å². The summed E-state index contributed by atoms with van der Waals surface area (Å²) in [6.07, 6.45) is 0.0798. The standard InChI is InChI=1S/C17H22FN3O3/c1-11(21-4-6-24-7-5-21)10-19-17(23)14-9-16(22)20-15-8-12(18)2-3-13(14)15/h2-3,8,11,14H,4-7,9-10H2,1H3,(H,19,23)(H,20,22)/t11-,14-/m0/s1. The molecule has 0 aromatic heterocycles. The second-order valence-corrected chi connectivity index (χ2v) is 6.28. The average molecular weight is 335 g/mol. The topological polar surface area (TPSA) is 70.7 Å². The molecule has 2 aliphatic rings. The summed E-state index contributed by atoms with van der Waals surface area (Å²) in [5.41, 5.74) is 1.04. The van der Waals surface area contributed by atoms with Crippen molar-refractivity contribution in [2.24, 2.45) is 0 Å². The van der Waals surface area contributed by atoms with Crippen LogP contribution in [0.4, 0.5) is 10.1 Å². The number of anilines is 1. The van der Waals surface area contributed by atoms with E-state index in [2.05, 4.69) is 22.5 Å². The minimum Gasteiger partial charge on any atom is -0.379 e. The van der Waals surface area contributed by atoms with Crippen LogP contribution in [-0.2, 0) is 14.3 Å². The Morgan fingerprint density at radius 3 is 2.96 bits per heavy atom. The number of hydrogen-bond acceptors (Lipinski definition) is 4. The van der Waals surface area contributed by atoms with Gasteiger partial charge in [0.2, 0.25) is 11.8 Å². The highest BCUT2D eigenvalue weighted by atomic mass is 19.1. The zero-order valence-corrected chi connectivity index (χ0v) is 13.7. The number of ether oxygens (including phenoxy) is 1. The molecule has 0 bridgehead atoms. The fraction of sp³-hybridized carbons (Fsp3) is 0.529. The third-order valence-corrected chi connectivity index (χ3v) is 4.61. The zero-order valence-electron chi connectivity index (χ0n) is 13.7. The Morgan fingerprint density at radius 1 is 1.46 bits per heavy atom. The van der Waals surface area contributed by atoms with Gasteiger partial charge in [-0.25, -0.2) is 4.39 Å². The highest BCUT2D eigenvalue weighted by molar-refractivity contribution is 6.01. The third-order valence-electron chi connectivity index (χ3n) is 4.61. The summed E-state index contributed by atoms with van der Waals surface area (Å²) in [6.45, 7) is 5.69. The monoisotopic (exact) mass is 335 g/mol. The second-order valence-electron chi connectivity index (χ2n) is 6.28. The van der Waals surface area contributed by atoms with E-state index in [4.69, 9.17) is 4.74 Å². The molecule has 0 spiro atoms. The van der Waals surface area contributed by atoms with Crippen LogP contribution in [0.5, 0.6) is 0 Å². The Bertz CT molecular complexity index is 632. The van der Waals surface area contributed by atoms with Crippen LogP contribution in [-0.4, -0.2) is 55.6 Å². The predicted molar refractivity (Wildman–Crippen MR) is 87.3 cm³/mol. The highest BCUT2D eigenvalue weighted by Crippen LogP contribution is 2.32. The Hall–Kier alpha value is -1.99. The predicted octanol–water partition coefficient (Wildman–Crippen LogP) is 1.09. The summed E-state index contributed by atoms with van der Waals surface area (Å²) in [4.78, 5) is 26.6. The first-order chi connectivity index (χ1) is 11.5. The normalized spacial score (nSPS) is 22.4. The van der Waals surface area contributed by atoms with E-state index in [0.29, 0.717) is 31.0 Å². The van der Waals surface area contributed by atoms with Crippen molar-refractivity contribution in [2.45, 2.75) is 25.3 Å². The molecular weight excluding hydrogens is 313 g/mol. The van der Waals surface area contributed by atoms with Crippen molar-refractivity contribution < 1.29 is 18.7 Å². The number of hydrogen-bond donors (Lipinski definition) is 2. The fourth-order valence-corrected chi connectivity index (χ4v) is 3.19. The molecular formula is C17H22FN3O3. The Labute approximate surface area is 140 Å². The minimum absolute atomic E-state index is 0.0798. The van der Waals surface area contributed by atoms with Crippen LogP contribution in [0.3, 0.4) is 0 Å². The lowest BCUT2D eigenvalue weighted by atomic mass is 9.89. The van der Waals surface area contributed by atoms with Crippen LogP contribution in [0.15, 0.2) is 18.2 Å². The summed E-state index contributed by atoms with van der Waals surface area (Å²) in [5.74, 6) is -1.48. The average Bonchev–Trinajstić information content (AvgIpc) is 2.59. The quantitative estimate of drug-likeness (QED) is 0.864. The number of nitrogens with one attached hydrogen (secondary N) is 2. The Kier molecular flexibility index (Phi) is 5.11. The summed E-state index contributed by atoms with van der Waals surface area (Å²) >= 11 is 0. The first-order valence-electron chi connectivity index (χ1n) is 8.23. The van der Waals surface area contributed by atoms with E-state index in [1.165, 1.54) is 12.1 Å². The van der Waals surface area contributed by atoms with Gasteiger partial charge >= 0.3 is 0 Å². The van der Waals surface area contributed by atoms with Crippen molar-refractivity contribution in [3.8, 4) is 0 Å². The van der Waals surface area contributed by atoms with Crippen LogP contribution in [0.2, 0.25) is 0 Å². The first-order valence-corrected chi connectivity index (χ1v) is 8.23. The molecule has 24 heavy (non-hydrogen) atoms. The maximum absolute atomic E-state index is 13.3. The van der Waals surface area contributed by atoms with E-state index in [-0.39, 0.29) is 24.3 Å². The van der Waals surface area contributed by atoms with Gasteiger partial charge in [-0.15, -0.1) is 0 Å². The van der Waals surface area contributed by atoms with Gasteiger partial charge in [0.1, 0.15) is 5.82 Å². The van der Waals surface area contributed by atoms with Gasteiger partial charge in [0.05, 0.1) is 19.1 Å². The molecule has 2 N–H and O–H groups in total. The molecule has 0 aliphatic carbocycles. The van der Waals surface area contributed by atoms with E-state index >= 15 is 0 Å². The molecule has 0 radical (unpaired) electrons.